The summed E-state index contributed by atoms with van der Waals surface area (Å²) >= 11 is 0. The molecule has 0 atom stereocenters. The van der Waals surface area contributed by atoms with Crippen molar-refractivity contribution >= 4 is 24.2 Å². The predicted octanol–water partition coefficient (Wildman–Crippen LogP) is 6.39. The topological polar surface area (TPSA) is 122 Å². The summed E-state index contributed by atoms with van der Waals surface area (Å²) in [4.78, 5) is 25.0. The Morgan fingerprint density at radius 3 is 2.24 bits per heavy atom. The number of fused-ring (bicyclic) bond motifs is 4. The molecule has 236 valence electrons. The molecule has 4 aromatic carbocycles. The number of amides is 1. The van der Waals surface area contributed by atoms with E-state index in [0.29, 0.717) is 40.5 Å². The first-order chi connectivity index (χ1) is 22.4. The average molecular weight is 624 g/mol. The zero-order valence-corrected chi connectivity index (χ0v) is 25.6. The Morgan fingerprint density at radius 1 is 0.891 bits per heavy atom. The van der Waals surface area contributed by atoms with Crippen molar-refractivity contribution in [2.24, 2.45) is 0 Å². The molecule has 0 radical (unpaired) electrons. The molecular formula is C36H33NO9. The number of carboxylic acids is 1. The molecule has 46 heavy (non-hydrogen) atoms. The maximum absolute atomic E-state index is 12.8. The van der Waals surface area contributed by atoms with E-state index in [4.69, 9.17) is 28.4 Å². The van der Waals surface area contributed by atoms with Crippen molar-refractivity contribution in [1.29, 1.82) is 0 Å². The number of hydrogen-bond donors (Lipinski definition) is 2. The third-order valence-electron chi connectivity index (χ3n) is 8.18. The van der Waals surface area contributed by atoms with Crippen LogP contribution in [0.4, 0.5) is 4.79 Å². The molecule has 1 amide bonds. The first kappa shape index (κ1) is 30.4. The molecule has 0 unspecified atom stereocenters. The van der Waals surface area contributed by atoms with E-state index in [1.807, 2.05) is 30.3 Å². The molecule has 2 N–H and O–H groups in total. The molecule has 10 heteroatoms. The predicted molar refractivity (Wildman–Crippen MR) is 171 cm³/mol. The van der Waals surface area contributed by atoms with Crippen molar-refractivity contribution in [3.8, 4) is 39.9 Å². The third kappa shape index (κ3) is 5.65. The van der Waals surface area contributed by atoms with Crippen LogP contribution in [0.15, 0.2) is 66.7 Å². The van der Waals surface area contributed by atoms with Gasteiger partial charge in [0.15, 0.2) is 23.0 Å². The Morgan fingerprint density at radius 2 is 1.59 bits per heavy atom. The van der Waals surface area contributed by atoms with Crippen molar-refractivity contribution in [3.63, 3.8) is 0 Å². The first-order valence-electron chi connectivity index (χ1n) is 14.7. The molecule has 4 aromatic rings. The lowest BCUT2D eigenvalue weighted by Gasteiger charge is -2.16. The first-order valence-corrected chi connectivity index (χ1v) is 14.7. The van der Waals surface area contributed by atoms with Crippen molar-refractivity contribution in [2.75, 3.05) is 41.3 Å². The van der Waals surface area contributed by atoms with Crippen LogP contribution < -0.4 is 29.0 Å². The summed E-state index contributed by atoms with van der Waals surface area (Å²) in [6.45, 7) is 0.509. The summed E-state index contributed by atoms with van der Waals surface area (Å²) in [6.07, 6.45) is 3.28. The van der Waals surface area contributed by atoms with Crippen LogP contribution in [0.5, 0.6) is 28.7 Å². The Hall–Kier alpha value is -5.64. The van der Waals surface area contributed by atoms with E-state index >= 15 is 0 Å². The number of aromatic carboxylic acids is 1. The summed E-state index contributed by atoms with van der Waals surface area (Å²) in [6, 6.07) is 21.5. The number of benzene rings is 4. The molecule has 0 fully saturated rings. The van der Waals surface area contributed by atoms with Gasteiger partial charge in [-0.1, -0.05) is 66.7 Å². The number of carboxylic acid groups (broad SMARTS) is 1. The van der Waals surface area contributed by atoms with E-state index in [1.165, 1.54) is 21.3 Å². The Balaban J connectivity index is 1.20. The highest BCUT2D eigenvalue weighted by molar-refractivity contribution is 5.98. The highest BCUT2D eigenvalue weighted by Gasteiger charge is 2.29. The van der Waals surface area contributed by atoms with Gasteiger partial charge in [-0.2, -0.15) is 0 Å². The van der Waals surface area contributed by atoms with Crippen LogP contribution in [-0.4, -0.2) is 58.4 Å². The molecule has 2 aliphatic rings. The van der Waals surface area contributed by atoms with Crippen molar-refractivity contribution in [1.82, 2.24) is 5.32 Å². The van der Waals surface area contributed by atoms with Gasteiger partial charge >= 0.3 is 12.1 Å². The minimum Gasteiger partial charge on any atom is -0.493 e. The molecule has 10 nitrogen and oxygen atoms in total. The van der Waals surface area contributed by atoms with Crippen molar-refractivity contribution < 1.29 is 43.1 Å². The summed E-state index contributed by atoms with van der Waals surface area (Å²) in [5, 5.41) is 12.8. The molecule has 0 saturated carbocycles. The number of carbonyl (C=O) groups is 2. The van der Waals surface area contributed by atoms with E-state index < -0.39 is 12.1 Å². The maximum atomic E-state index is 12.8. The summed E-state index contributed by atoms with van der Waals surface area (Å²) < 4.78 is 33.4. The summed E-state index contributed by atoms with van der Waals surface area (Å²) in [5.74, 6) is 0.601. The number of hydrogen-bond acceptors (Lipinski definition) is 8. The Bertz CT molecular complexity index is 1790. The fourth-order valence-electron chi connectivity index (χ4n) is 6.09. The van der Waals surface area contributed by atoms with Gasteiger partial charge in [0.1, 0.15) is 12.2 Å². The molecular weight excluding hydrogens is 590 g/mol. The van der Waals surface area contributed by atoms with E-state index in [0.717, 1.165) is 27.8 Å². The quantitative estimate of drug-likeness (QED) is 0.183. The van der Waals surface area contributed by atoms with Gasteiger partial charge < -0.3 is 38.8 Å². The van der Waals surface area contributed by atoms with Crippen LogP contribution in [0.1, 0.15) is 44.1 Å². The average Bonchev–Trinajstić information content (AvgIpc) is 3.67. The van der Waals surface area contributed by atoms with Crippen LogP contribution in [-0.2, 0) is 11.2 Å². The SMILES string of the molecule is COc1ccc(/C=C/c2c(CCNC(=O)OCC3c4ccccc4-c4ccccc43)cc3c(c2OC)OCO3)c(C(=O)O)c1OC. The van der Waals surface area contributed by atoms with Crippen LogP contribution in [0, 0.1) is 0 Å². The van der Waals surface area contributed by atoms with Gasteiger partial charge in [-0.25, -0.2) is 9.59 Å². The standard InChI is InChI=1S/C36H33NO9/c1-41-29-15-13-21(31(35(38)39)33(29)43-3)12-14-23-22(18-30-34(32(23)42-2)46-20-45-30)16-17-37-36(40)44-19-28-26-10-6-4-8-24(26)25-9-5-7-11-27(25)28/h4-15,18,28H,16-17,19-20H2,1-3H3,(H,37,40)(H,38,39)/b14-12+. The van der Waals surface area contributed by atoms with E-state index in [1.54, 1.807) is 24.3 Å². The maximum Gasteiger partial charge on any atom is 0.407 e. The number of nitrogens with one attached hydrogen (secondary N) is 1. The highest BCUT2D eigenvalue weighted by atomic mass is 16.7. The minimum atomic E-state index is -1.17. The van der Waals surface area contributed by atoms with Crippen molar-refractivity contribution in [2.45, 2.75) is 12.3 Å². The lowest BCUT2D eigenvalue weighted by Crippen LogP contribution is -2.28. The molecule has 1 heterocycles. The number of methoxy groups -OCH3 is 3. The number of carbonyl (C=O) groups excluding carboxylic acids is 1. The lowest BCUT2D eigenvalue weighted by atomic mass is 9.98. The normalized spacial score (nSPS) is 12.8. The molecule has 1 aliphatic carbocycles. The van der Waals surface area contributed by atoms with Gasteiger partial charge in [0.2, 0.25) is 12.5 Å². The van der Waals surface area contributed by atoms with E-state index in [-0.39, 0.29) is 37.2 Å². The smallest absolute Gasteiger partial charge is 0.407 e. The van der Waals surface area contributed by atoms with Gasteiger partial charge in [-0.3, -0.25) is 0 Å². The third-order valence-corrected chi connectivity index (χ3v) is 8.18. The van der Waals surface area contributed by atoms with Gasteiger partial charge in [0.05, 0.1) is 21.3 Å². The monoisotopic (exact) mass is 623 g/mol. The van der Waals surface area contributed by atoms with E-state index in [2.05, 4.69) is 29.6 Å². The zero-order chi connectivity index (χ0) is 32.2. The molecule has 0 bridgehead atoms. The molecule has 0 spiro atoms. The largest absolute Gasteiger partial charge is 0.493 e. The second-order valence-corrected chi connectivity index (χ2v) is 10.6. The molecule has 0 saturated heterocycles. The second-order valence-electron chi connectivity index (χ2n) is 10.6. The zero-order valence-electron chi connectivity index (χ0n) is 25.6. The van der Waals surface area contributed by atoms with Gasteiger partial charge in [0.25, 0.3) is 0 Å². The lowest BCUT2D eigenvalue weighted by molar-refractivity contribution is 0.0692. The van der Waals surface area contributed by atoms with Crippen LogP contribution in [0.2, 0.25) is 0 Å². The van der Waals surface area contributed by atoms with Crippen LogP contribution in [0.3, 0.4) is 0 Å². The molecule has 1 aliphatic heterocycles. The second kappa shape index (κ2) is 13.2. The Kier molecular flexibility index (Phi) is 8.69. The summed E-state index contributed by atoms with van der Waals surface area (Å²) in [7, 11) is 4.35. The summed E-state index contributed by atoms with van der Waals surface area (Å²) in [5.41, 5.74) is 6.38. The molecule has 6 rings (SSSR count). The van der Waals surface area contributed by atoms with Gasteiger partial charge in [-0.05, 0) is 51.9 Å². The number of ether oxygens (including phenoxy) is 6. The van der Waals surface area contributed by atoms with Gasteiger partial charge in [-0.15, -0.1) is 0 Å². The van der Waals surface area contributed by atoms with Crippen molar-refractivity contribution in [3.05, 3.63) is 100 Å². The van der Waals surface area contributed by atoms with Crippen LogP contribution in [0.25, 0.3) is 23.3 Å². The van der Waals surface area contributed by atoms with E-state index in [9.17, 15) is 14.7 Å². The number of alkyl carbamates (subject to hydrolysis) is 1. The minimum absolute atomic E-state index is 0.0368. The fraction of sp³-hybridized carbons (Fsp3) is 0.222. The fourth-order valence-corrected chi connectivity index (χ4v) is 6.09. The van der Waals surface area contributed by atoms with Crippen LogP contribution >= 0.6 is 0 Å². The molecule has 0 aromatic heterocycles. The highest BCUT2D eigenvalue weighted by Crippen LogP contribution is 2.47. The van der Waals surface area contributed by atoms with Gasteiger partial charge in [0, 0.05) is 18.0 Å². The Labute approximate surface area is 266 Å². The number of rotatable bonds is 11.